The van der Waals surface area contributed by atoms with Crippen molar-refractivity contribution in [2.75, 3.05) is 27.3 Å². The fraction of sp³-hybridized carbons (Fsp3) is 1.00. The molecule has 0 saturated carbocycles. The molecule has 1 aliphatic rings. The molecule has 0 aromatic rings. The third kappa shape index (κ3) is 3.06. The van der Waals surface area contributed by atoms with Gasteiger partial charge in [-0.1, -0.05) is 0 Å². The van der Waals surface area contributed by atoms with Crippen LogP contribution >= 0.6 is 0 Å². The SMILES string of the molecule is CN(C)NC1COC(C)(C)OC1. The van der Waals surface area contributed by atoms with Gasteiger partial charge >= 0.3 is 0 Å². The maximum atomic E-state index is 5.47. The maximum Gasteiger partial charge on any atom is 0.162 e. The van der Waals surface area contributed by atoms with Crippen molar-refractivity contribution in [1.82, 2.24) is 10.4 Å². The molecule has 1 rings (SSSR count). The van der Waals surface area contributed by atoms with Crippen molar-refractivity contribution < 1.29 is 9.47 Å². The highest BCUT2D eigenvalue weighted by atomic mass is 16.7. The van der Waals surface area contributed by atoms with E-state index in [1.54, 1.807) is 0 Å². The monoisotopic (exact) mass is 174 g/mol. The van der Waals surface area contributed by atoms with Gasteiger partial charge in [0.25, 0.3) is 0 Å². The molecule has 1 N–H and O–H groups in total. The van der Waals surface area contributed by atoms with E-state index in [0.29, 0.717) is 13.2 Å². The molecular weight excluding hydrogens is 156 g/mol. The molecule has 1 heterocycles. The van der Waals surface area contributed by atoms with E-state index in [9.17, 15) is 0 Å². The molecule has 0 atom stereocenters. The van der Waals surface area contributed by atoms with Crippen LogP contribution in [0.2, 0.25) is 0 Å². The number of rotatable bonds is 2. The van der Waals surface area contributed by atoms with Crippen molar-refractivity contribution in [3.05, 3.63) is 0 Å². The predicted molar refractivity (Wildman–Crippen MR) is 46.6 cm³/mol. The van der Waals surface area contributed by atoms with Crippen molar-refractivity contribution in [3.63, 3.8) is 0 Å². The molecule has 0 aliphatic carbocycles. The van der Waals surface area contributed by atoms with Crippen LogP contribution < -0.4 is 5.43 Å². The summed E-state index contributed by atoms with van der Waals surface area (Å²) < 4.78 is 10.9. The second kappa shape index (κ2) is 3.70. The molecule has 1 aliphatic heterocycles. The van der Waals surface area contributed by atoms with Crippen LogP contribution in [0.4, 0.5) is 0 Å². The van der Waals surface area contributed by atoms with Gasteiger partial charge in [0.1, 0.15) is 0 Å². The second-order valence-electron chi connectivity index (χ2n) is 3.74. The van der Waals surface area contributed by atoms with Gasteiger partial charge in [-0.3, -0.25) is 5.01 Å². The van der Waals surface area contributed by atoms with Crippen molar-refractivity contribution in [2.45, 2.75) is 25.7 Å². The predicted octanol–water partition coefficient (Wildman–Crippen LogP) is 0.204. The molecular formula is C8H18N2O2. The topological polar surface area (TPSA) is 33.7 Å². The summed E-state index contributed by atoms with van der Waals surface area (Å²) in [6.07, 6.45) is 0. The number of hydrogen-bond acceptors (Lipinski definition) is 4. The van der Waals surface area contributed by atoms with Crippen molar-refractivity contribution in [3.8, 4) is 0 Å². The molecule has 1 saturated heterocycles. The Morgan fingerprint density at radius 1 is 1.25 bits per heavy atom. The number of nitrogens with one attached hydrogen (secondary N) is 1. The van der Waals surface area contributed by atoms with Crippen LogP contribution in [0.5, 0.6) is 0 Å². The van der Waals surface area contributed by atoms with Crippen LogP contribution in [-0.2, 0) is 9.47 Å². The van der Waals surface area contributed by atoms with Crippen molar-refractivity contribution in [1.29, 1.82) is 0 Å². The zero-order valence-electron chi connectivity index (χ0n) is 8.26. The van der Waals surface area contributed by atoms with E-state index in [-0.39, 0.29) is 6.04 Å². The van der Waals surface area contributed by atoms with E-state index in [0.717, 1.165) is 0 Å². The zero-order chi connectivity index (χ0) is 9.19. The number of hydrogen-bond donors (Lipinski definition) is 1. The summed E-state index contributed by atoms with van der Waals surface area (Å²) in [6, 6.07) is 0.271. The fourth-order valence-electron chi connectivity index (χ4n) is 1.13. The number of nitrogens with zero attached hydrogens (tertiary/aromatic N) is 1. The van der Waals surface area contributed by atoms with Crippen LogP contribution in [0.25, 0.3) is 0 Å². The summed E-state index contributed by atoms with van der Waals surface area (Å²) in [5.74, 6) is -0.412. The second-order valence-corrected chi connectivity index (χ2v) is 3.74. The van der Waals surface area contributed by atoms with Gasteiger partial charge in [-0.05, 0) is 13.8 Å². The van der Waals surface area contributed by atoms with Crippen molar-refractivity contribution in [2.24, 2.45) is 0 Å². The lowest BCUT2D eigenvalue weighted by molar-refractivity contribution is -0.256. The molecule has 0 unspecified atom stereocenters. The summed E-state index contributed by atoms with van der Waals surface area (Å²) in [4.78, 5) is 0. The Kier molecular flexibility index (Phi) is 3.06. The minimum atomic E-state index is -0.412. The first-order valence-corrected chi connectivity index (χ1v) is 4.21. The lowest BCUT2D eigenvalue weighted by atomic mass is 10.3. The Morgan fingerprint density at radius 2 is 1.75 bits per heavy atom. The minimum absolute atomic E-state index is 0.271. The standard InChI is InChI=1S/C8H18N2O2/c1-8(2)11-5-7(6-12-8)9-10(3)4/h7,9H,5-6H2,1-4H3. The zero-order valence-corrected chi connectivity index (χ0v) is 8.26. The van der Waals surface area contributed by atoms with E-state index >= 15 is 0 Å². The van der Waals surface area contributed by atoms with Gasteiger partial charge in [0.2, 0.25) is 0 Å². The number of hydrazine groups is 1. The summed E-state index contributed by atoms with van der Waals surface area (Å²) in [6.45, 7) is 5.26. The Hall–Kier alpha value is -0.160. The molecule has 0 aromatic carbocycles. The Morgan fingerprint density at radius 3 is 2.17 bits per heavy atom. The van der Waals surface area contributed by atoms with E-state index < -0.39 is 5.79 Å². The largest absolute Gasteiger partial charge is 0.349 e. The third-order valence-electron chi connectivity index (χ3n) is 1.71. The average molecular weight is 174 g/mol. The lowest BCUT2D eigenvalue weighted by Crippen LogP contribution is -2.52. The molecule has 0 aromatic heterocycles. The van der Waals surface area contributed by atoms with Crippen LogP contribution in [-0.4, -0.2) is 44.1 Å². The van der Waals surface area contributed by atoms with Crippen LogP contribution in [0.3, 0.4) is 0 Å². The summed E-state index contributed by atoms with van der Waals surface area (Å²) in [7, 11) is 3.92. The van der Waals surface area contributed by atoms with Gasteiger partial charge in [0.05, 0.1) is 19.3 Å². The van der Waals surface area contributed by atoms with Crippen LogP contribution in [0.15, 0.2) is 0 Å². The van der Waals surface area contributed by atoms with E-state index in [2.05, 4.69) is 5.43 Å². The molecule has 72 valence electrons. The highest BCUT2D eigenvalue weighted by molar-refractivity contribution is 4.71. The Labute approximate surface area is 73.8 Å². The van der Waals surface area contributed by atoms with E-state index in [1.165, 1.54) is 0 Å². The molecule has 12 heavy (non-hydrogen) atoms. The highest BCUT2D eigenvalue weighted by Crippen LogP contribution is 2.16. The van der Waals surface area contributed by atoms with Gasteiger partial charge in [-0.2, -0.15) is 0 Å². The normalized spacial score (nSPS) is 24.8. The lowest BCUT2D eigenvalue weighted by Gasteiger charge is -2.36. The fourth-order valence-corrected chi connectivity index (χ4v) is 1.13. The summed E-state index contributed by atoms with van der Waals surface area (Å²) in [5.41, 5.74) is 3.20. The first-order valence-electron chi connectivity index (χ1n) is 4.21. The maximum absolute atomic E-state index is 5.47. The van der Waals surface area contributed by atoms with Crippen LogP contribution in [0, 0.1) is 0 Å². The first-order chi connectivity index (χ1) is 5.49. The quantitative estimate of drug-likeness (QED) is 0.607. The van der Waals surface area contributed by atoms with E-state index in [4.69, 9.17) is 9.47 Å². The molecule has 0 spiro atoms. The van der Waals surface area contributed by atoms with Gasteiger partial charge in [-0.25, -0.2) is 5.43 Å². The Balaban J connectivity index is 2.27. The van der Waals surface area contributed by atoms with Gasteiger partial charge < -0.3 is 9.47 Å². The molecule has 0 amide bonds. The molecule has 0 bridgehead atoms. The molecule has 4 nitrogen and oxygen atoms in total. The van der Waals surface area contributed by atoms with Crippen molar-refractivity contribution >= 4 is 0 Å². The average Bonchev–Trinajstić information content (AvgIpc) is 1.93. The first kappa shape index (κ1) is 9.92. The van der Waals surface area contributed by atoms with Gasteiger partial charge in [0.15, 0.2) is 5.79 Å². The van der Waals surface area contributed by atoms with Gasteiger partial charge in [0, 0.05) is 14.1 Å². The summed E-state index contributed by atoms with van der Waals surface area (Å²) in [5, 5.41) is 1.91. The summed E-state index contributed by atoms with van der Waals surface area (Å²) >= 11 is 0. The van der Waals surface area contributed by atoms with Crippen LogP contribution in [0.1, 0.15) is 13.8 Å². The Bertz CT molecular complexity index is 138. The minimum Gasteiger partial charge on any atom is -0.349 e. The molecule has 0 radical (unpaired) electrons. The number of ether oxygens (including phenoxy) is 2. The van der Waals surface area contributed by atoms with E-state index in [1.807, 2.05) is 33.0 Å². The molecule has 4 heteroatoms. The smallest absolute Gasteiger partial charge is 0.162 e. The van der Waals surface area contributed by atoms with Gasteiger partial charge in [-0.15, -0.1) is 0 Å². The highest BCUT2D eigenvalue weighted by Gasteiger charge is 2.28. The molecule has 1 fully saturated rings. The third-order valence-corrected chi connectivity index (χ3v) is 1.71.